The van der Waals surface area contributed by atoms with E-state index in [2.05, 4.69) is 15.6 Å². The molecule has 1 aromatic carbocycles. The van der Waals surface area contributed by atoms with Crippen LogP contribution in [-0.4, -0.2) is 16.9 Å². The zero-order valence-corrected chi connectivity index (χ0v) is 13.2. The van der Waals surface area contributed by atoms with Gasteiger partial charge in [-0.05, 0) is 37.1 Å². The number of anilines is 2. The second-order valence-corrected chi connectivity index (χ2v) is 5.99. The van der Waals surface area contributed by atoms with Gasteiger partial charge in [0.2, 0.25) is 0 Å². The van der Waals surface area contributed by atoms with Gasteiger partial charge in [0.1, 0.15) is 5.69 Å². The predicted molar refractivity (Wildman–Crippen MR) is 89.0 cm³/mol. The van der Waals surface area contributed by atoms with E-state index in [-0.39, 0.29) is 11.4 Å². The molecule has 6 heteroatoms. The average molecular weight is 331 g/mol. The van der Waals surface area contributed by atoms with Crippen LogP contribution < -0.4 is 10.6 Å². The molecule has 0 unspecified atom stereocenters. The van der Waals surface area contributed by atoms with Crippen molar-refractivity contribution in [1.82, 2.24) is 4.98 Å². The van der Waals surface area contributed by atoms with Crippen LogP contribution in [0.5, 0.6) is 0 Å². The van der Waals surface area contributed by atoms with Crippen molar-refractivity contribution in [1.29, 1.82) is 0 Å². The second kappa shape index (κ2) is 7.38. The van der Waals surface area contributed by atoms with E-state index in [0.717, 1.165) is 30.7 Å². The predicted octanol–water partition coefficient (Wildman–Crippen LogP) is 4.36. The number of rotatable bonds is 4. The first kappa shape index (κ1) is 16.4. The number of carbonyl (C=O) groups is 1. The van der Waals surface area contributed by atoms with Crippen molar-refractivity contribution in [3.8, 4) is 0 Å². The van der Waals surface area contributed by atoms with Crippen LogP contribution in [0.15, 0.2) is 36.5 Å². The Kier molecular flexibility index (Phi) is 5.03. The molecule has 126 valence electrons. The van der Waals surface area contributed by atoms with Crippen molar-refractivity contribution in [3.05, 3.63) is 53.9 Å². The van der Waals surface area contributed by atoms with Gasteiger partial charge in [-0.2, -0.15) is 0 Å². The fourth-order valence-corrected chi connectivity index (χ4v) is 2.90. The summed E-state index contributed by atoms with van der Waals surface area (Å²) in [6.45, 7) is 0. The summed E-state index contributed by atoms with van der Waals surface area (Å²) < 4.78 is 26.1. The van der Waals surface area contributed by atoms with Gasteiger partial charge in [0.15, 0.2) is 11.6 Å². The van der Waals surface area contributed by atoms with Crippen LogP contribution in [0, 0.1) is 11.6 Å². The van der Waals surface area contributed by atoms with Crippen molar-refractivity contribution in [2.75, 3.05) is 10.6 Å². The van der Waals surface area contributed by atoms with Gasteiger partial charge in [0.25, 0.3) is 5.91 Å². The van der Waals surface area contributed by atoms with E-state index in [9.17, 15) is 13.6 Å². The van der Waals surface area contributed by atoms with Gasteiger partial charge in [-0.25, -0.2) is 8.78 Å². The van der Waals surface area contributed by atoms with Crippen LogP contribution >= 0.6 is 0 Å². The number of hydrogen-bond donors (Lipinski definition) is 2. The molecule has 1 amide bonds. The van der Waals surface area contributed by atoms with Gasteiger partial charge < -0.3 is 10.6 Å². The van der Waals surface area contributed by atoms with Crippen LogP contribution in [-0.2, 0) is 0 Å². The first-order chi connectivity index (χ1) is 11.6. The molecule has 1 aliphatic carbocycles. The van der Waals surface area contributed by atoms with Crippen LogP contribution in [0.4, 0.5) is 20.2 Å². The largest absolute Gasteiger partial charge is 0.382 e. The Morgan fingerprint density at radius 3 is 2.54 bits per heavy atom. The first-order valence-corrected chi connectivity index (χ1v) is 8.11. The van der Waals surface area contributed by atoms with E-state index in [1.165, 1.54) is 25.3 Å². The fourth-order valence-electron chi connectivity index (χ4n) is 2.90. The van der Waals surface area contributed by atoms with Crippen molar-refractivity contribution < 1.29 is 13.6 Å². The van der Waals surface area contributed by atoms with Crippen LogP contribution in [0.3, 0.4) is 0 Å². The summed E-state index contributed by atoms with van der Waals surface area (Å²) >= 11 is 0. The molecule has 2 N–H and O–H groups in total. The maximum absolute atomic E-state index is 13.2. The van der Waals surface area contributed by atoms with Crippen LogP contribution in [0.25, 0.3) is 0 Å². The lowest BCUT2D eigenvalue weighted by Gasteiger charge is -2.23. The first-order valence-electron chi connectivity index (χ1n) is 8.11. The Bertz CT molecular complexity index is 730. The minimum Gasteiger partial charge on any atom is -0.382 e. The van der Waals surface area contributed by atoms with Crippen molar-refractivity contribution in [2.24, 2.45) is 0 Å². The highest BCUT2D eigenvalue weighted by molar-refractivity contribution is 6.03. The molecule has 2 aromatic rings. The average Bonchev–Trinajstić information content (AvgIpc) is 2.59. The molecule has 1 heterocycles. The Balaban J connectivity index is 1.68. The number of nitrogens with zero attached hydrogens (tertiary/aromatic N) is 1. The third kappa shape index (κ3) is 4.07. The van der Waals surface area contributed by atoms with E-state index >= 15 is 0 Å². The number of halogens is 2. The topological polar surface area (TPSA) is 54.0 Å². The van der Waals surface area contributed by atoms with Gasteiger partial charge in [0.05, 0.1) is 0 Å². The summed E-state index contributed by atoms with van der Waals surface area (Å²) in [6, 6.07) is 7.13. The number of amides is 1. The number of benzene rings is 1. The monoisotopic (exact) mass is 331 g/mol. The van der Waals surface area contributed by atoms with Gasteiger partial charge in [-0.1, -0.05) is 19.3 Å². The lowest BCUT2D eigenvalue weighted by Crippen LogP contribution is -2.22. The highest BCUT2D eigenvalue weighted by Crippen LogP contribution is 2.22. The number of aromatic nitrogens is 1. The SMILES string of the molecule is O=C(Nc1ccc(F)c(F)c1)c1cc(NC2CCCCC2)ccn1. The summed E-state index contributed by atoms with van der Waals surface area (Å²) in [5.74, 6) is -2.42. The lowest BCUT2D eigenvalue weighted by molar-refractivity contribution is 0.102. The van der Waals surface area contributed by atoms with Gasteiger partial charge in [-0.15, -0.1) is 0 Å². The Morgan fingerprint density at radius 2 is 1.79 bits per heavy atom. The van der Waals surface area contributed by atoms with E-state index < -0.39 is 17.5 Å². The Labute approximate surface area is 139 Å². The van der Waals surface area contributed by atoms with E-state index in [4.69, 9.17) is 0 Å². The maximum Gasteiger partial charge on any atom is 0.274 e. The standard InChI is InChI=1S/C18H19F2N3O/c19-15-7-6-13(10-16(15)20)23-18(24)17-11-14(8-9-21-17)22-12-4-2-1-3-5-12/h6-12H,1-5H2,(H,21,22)(H,23,24). The number of carbonyl (C=O) groups excluding carboxylic acids is 1. The number of hydrogen-bond acceptors (Lipinski definition) is 3. The molecule has 0 bridgehead atoms. The molecular formula is C18H19F2N3O. The molecule has 1 saturated carbocycles. The highest BCUT2D eigenvalue weighted by Gasteiger charge is 2.15. The van der Waals surface area contributed by atoms with Crippen LogP contribution in [0.1, 0.15) is 42.6 Å². The van der Waals surface area contributed by atoms with E-state index in [0.29, 0.717) is 6.04 Å². The minimum atomic E-state index is -1.01. The highest BCUT2D eigenvalue weighted by atomic mass is 19.2. The zero-order valence-electron chi connectivity index (χ0n) is 13.2. The molecule has 4 nitrogen and oxygen atoms in total. The second-order valence-electron chi connectivity index (χ2n) is 5.99. The molecule has 24 heavy (non-hydrogen) atoms. The minimum absolute atomic E-state index is 0.186. The summed E-state index contributed by atoms with van der Waals surface area (Å²) in [4.78, 5) is 16.3. The molecular weight excluding hydrogens is 312 g/mol. The van der Waals surface area contributed by atoms with Gasteiger partial charge in [-0.3, -0.25) is 9.78 Å². The molecule has 1 fully saturated rings. The molecule has 0 aliphatic heterocycles. The van der Waals surface area contributed by atoms with Gasteiger partial charge >= 0.3 is 0 Å². The maximum atomic E-state index is 13.2. The van der Waals surface area contributed by atoms with Crippen molar-refractivity contribution in [2.45, 2.75) is 38.1 Å². The molecule has 1 aliphatic rings. The summed E-state index contributed by atoms with van der Waals surface area (Å²) in [7, 11) is 0. The molecule has 0 radical (unpaired) electrons. The molecule has 0 atom stereocenters. The molecule has 0 saturated heterocycles. The van der Waals surface area contributed by atoms with Crippen molar-refractivity contribution >= 4 is 17.3 Å². The third-order valence-corrected chi connectivity index (χ3v) is 4.15. The Morgan fingerprint density at radius 1 is 1.00 bits per heavy atom. The summed E-state index contributed by atoms with van der Waals surface area (Å²) in [6.07, 6.45) is 7.51. The van der Waals surface area contributed by atoms with Gasteiger partial charge in [0, 0.05) is 29.7 Å². The number of nitrogens with one attached hydrogen (secondary N) is 2. The zero-order chi connectivity index (χ0) is 16.9. The molecule has 3 rings (SSSR count). The smallest absolute Gasteiger partial charge is 0.274 e. The lowest BCUT2D eigenvalue weighted by atomic mass is 9.95. The quantitative estimate of drug-likeness (QED) is 0.875. The third-order valence-electron chi connectivity index (χ3n) is 4.15. The Hall–Kier alpha value is -2.50. The number of pyridine rings is 1. The van der Waals surface area contributed by atoms with Crippen LogP contribution in [0.2, 0.25) is 0 Å². The fraction of sp³-hybridized carbons (Fsp3) is 0.333. The van der Waals surface area contributed by atoms with Crippen molar-refractivity contribution in [3.63, 3.8) is 0 Å². The summed E-state index contributed by atoms with van der Waals surface area (Å²) in [5, 5.41) is 5.95. The molecule has 1 aromatic heterocycles. The van der Waals surface area contributed by atoms with E-state index in [1.54, 1.807) is 12.3 Å². The normalized spacial score (nSPS) is 15.1. The molecule has 0 spiro atoms. The summed E-state index contributed by atoms with van der Waals surface area (Å²) in [5.41, 5.74) is 1.25. The van der Waals surface area contributed by atoms with E-state index in [1.807, 2.05) is 6.07 Å².